The molecule has 0 amide bonds. The zero-order chi connectivity index (χ0) is 20.3. The summed E-state index contributed by atoms with van der Waals surface area (Å²) in [4.78, 5) is 16.2. The smallest absolute Gasteiger partial charge is 0.303 e. The molecule has 2 aromatic carbocycles. The van der Waals surface area contributed by atoms with Crippen molar-refractivity contribution in [2.45, 2.75) is 40.7 Å². The highest BCUT2D eigenvalue weighted by atomic mass is 16.5. The molecule has 0 bridgehead atoms. The molecule has 0 aliphatic rings. The summed E-state index contributed by atoms with van der Waals surface area (Å²) in [6, 6.07) is 16.5. The number of hydrogen-bond donors (Lipinski definition) is 0. The molecule has 3 rings (SSSR count). The monoisotopic (exact) mass is 373 g/mol. The Hall–Kier alpha value is -2.94. The van der Waals surface area contributed by atoms with Crippen LogP contribution < -0.4 is 0 Å². The number of carbonyl (C=O) groups excluding carboxylic acids is 1. The Morgan fingerprint density at radius 1 is 1.07 bits per heavy atom. The number of carbonyl (C=O) groups is 1. The van der Waals surface area contributed by atoms with Gasteiger partial charge in [0, 0.05) is 30.3 Å². The number of nitrogens with zero attached hydrogens (tertiary/aromatic N) is 1. The molecule has 0 saturated carbocycles. The lowest BCUT2D eigenvalue weighted by molar-refractivity contribution is -0.147. The van der Waals surface area contributed by atoms with Gasteiger partial charge in [-0.2, -0.15) is 0 Å². The zero-order valence-electron chi connectivity index (χ0n) is 17.2. The van der Waals surface area contributed by atoms with Crippen LogP contribution in [0.3, 0.4) is 0 Å². The van der Waals surface area contributed by atoms with Gasteiger partial charge in [0.1, 0.15) is 6.10 Å². The van der Waals surface area contributed by atoms with Crippen molar-refractivity contribution in [3.05, 3.63) is 77.6 Å². The fraction of sp³-hybridized carbons (Fsp3) is 0.280. The first-order valence-corrected chi connectivity index (χ1v) is 9.55. The SMILES string of the molecule is CC(=O)OC(/C(=C\c1cccnc1)c1c(C)ccc2ccccc12)C(C)(C)C. The average molecular weight is 373 g/mol. The van der Waals surface area contributed by atoms with E-state index in [-0.39, 0.29) is 11.4 Å². The summed E-state index contributed by atoms with van der Waals surface area (Å²) in [6.07, 6.45) is 5.29. The number of benzene rings is 2. The molecule has 0 N–H and O–H groups in total. The van der Waals surface area contributed by atoms with E-state index >= 15 is 0 Å². The third-order valence-corrected chi connectivity index (χ3v) is 4.79. The van der Waals surface area contributed by atoms with Gasteiger partial charge in [-0.3, -0.25) is 9.78 Å². The van der Waals surface area contributed by atoms with E-state index in [2.05, 4.69) is 63.0 Å². The number of aromatic nitrogens is 1. The number of rotatable bonds is 4. The van der Waals surface area contributed by atoms with Crippen molar-refractivity contribution in [2.75, 3.05) is 0 Å². The van der Waals surface area contributed by atoms with Gasteiger partial charge in [-0.1, -0.05) is 63.2 Å². The van der Waals surface area contributed by atoms with E-state index in [9.17, 15) is 4.79 Å². The molecular weight excluding hydrogens is 346 g/mol. The van der Waals surface area contributed by atoms with Crippen LogP contribution in [-0.4, -0.2) is 17.1 Å². The number of fused-ring (bicyclic) bond motifs is 1. The predicted molar refractivity (Wildman–Crippen MR) is 116 cm³/mol. The van der Waals surface area contributed by atoms with E-state index in [0.29, 0.717) is 0 Å². The van der Waals surface area contributed by atoms with Crippen molar-refractivity contribution in [1.82, 2.24) is 4.98 Å². The Labute approximate surface area is 167 Å². The largest absolute Gasteiger partial charge is 0.457 e. The normalized spacial score (nSPS) is 13.4. The minimum atomic E-state index is -0.394. The summed E-state index contributed by atoms with van der Waals surface area (Å²) in [5.74, 6) is -0.282. The number of hydrogen-bond acceptors (Lipinski definition) is 3. The zero-order valence-corrected chi connectivity index (χ0v) is 17.2. The maximum atomic E-state index is 12.0. The van der Waals surface area contributed by atoms with Gasteiger partial charge in [-0.05, 0) is 46.5 Å². The maximum absolute atomic E-state index is 12.0. The van der Waals surface area contributed by atoms with E-state index in [0.717, 1.165) is 33.0 Å². The third-order valence-electron chi connectivity index (χ3n) is 4.79. The van der Waals surface area contributed by atoms with Gasteiger partial charge in [0.2, 0.25) is 0 Å². The lowest BCUT2D eigenvalue weighted by atomic mass is 9.79. The van der Waals surface area contributed by atoms with Crippen LogP contribution in [0.15, 0.2) is 60.9 Å². The number of aryl methyl sites for hydroxylation is 1. The van der Waals surface area contributed by atoms with E-state index in [4.69, 9.17) is 4.74 Å². The third kappa shape index (κ3) is 4.30. The van der Waals surface area contributed by atoms with Crippen LogP contribution in [0.2, 0.25) is 0 Å². The molecule has 1 heterocycles. The molecule has 0 radical (unpaired) electrons. The summed E-state index contributed by atoms with van der Waals surface area (Å²) in [6.45, 7) is 9.86. The lowest BCUT2D eigenvalue weighted by Crippen LogP contribution is -2.32. The first-order chi connectivity index (χ1) is 13.3. The average Bonchev–Trinajstić information content (AvgIpc) is 2.65. The standard InChI is InChI=1S/C25H27NO2/c1-17-12-13-20-10-6-7-11-21(20)23(17)22(15-19-9-8-14-26-16-19)24(25(3,4)5)28-18(2)27/h6-16,24H,1-5H3/b22-15-. The minimum absolute atomic E-state index is 0.275. The first-order valence-electron chi connectivity index (χ1n) is 9.55. The molecule has 3 nitrogen and oxygen atoms in total. The van der Waals surface area contributed by atoms with Gasteiger partial charge in [0.05, 0.1) is 0 Å². The molecule has 28 heavy (non-hydrogen) atoms. The second-order valence-corrected chi connectivity index (χ2v) is 8.22. The van der Waals surface area contributed by atoms with Crippen molar-refractivity contribution in [3.8, 4) is 0 Å². The molecule has 0 aliphatic carbocycles. The molecule has 1 atom stereocenters. The van der Waals surface area contributed by atoms with Crippen LogP contribution in [0.5, 0.6) is 0 Å². The van der Waals surface area contributed by atoms with E-state index in [1.54, 1.807) is 6.20 Å². The van der Waals surface area contributed by atoms with Gasteiger partial charge in [0.15, 0.2) is 0 Å². The Bertz CT molecular complexity index is 1010. The molecule has 0 saturated heterocycles. The second kappa shape index (κ2) is 7.97. The highest BCUT2D eigenvalue weighted by molar-refractivity contribution is 6.00. The van der Waals surface area contributed by atoms with Crippen LogP contribution in [-0.2, 0) is 9.53 Å². The Balaban J connectivity index is 2.33. The topological polar surface area (TPSA) is 39.2 Å². The number of ether oxygens (including phenoxy) is 1. The van der Waals surface area contributed by atoms with E-state index < -0.39 is 6.10 Å². The van der Waals surface area contributed by atoms with Crippen LogP contribution in [0.25, 0.3) is 22.4 Å². The van der Waals surface area contributed by atoms with Gasteiger partial charge < -0.3 is 4.74 Å². The molecule has 3 aromatic rings. The predicted octanol–water partition coefficient (Wildman–Crippen LogP) is 6.06. The van der Waals surface area contributed by atoms with Crippen molar-refractivity contribution < 1.29 is 9.53 Å². The van der Waals surface area contributed by atoms with Crippen molar-refractivity contribution in [3.63, 3.8) is 0 Å². The van der Waals surface area contributed by atoms with Crippen LogP contribution in [0, 0.1) is 12.3 Å². The fourth-order valence-electron chi connectivity index (χ4n) is 3.56. The van der Waals surface area contributed by atoms with E-state index in [1.807, 2.05) is 30.5 Å². The highest BCUT2D eigenvalue weighted by Crippen LogP contribution is 2.39. The second-order valence-electron chi connectivity index (χ2n) is 8.22. The van der Waals surface area contributed by atoms with Gasteiger partial charge in [-0.15, -0.1) is 0 Å². The summed E-state index contributed by atoms with van der Waals surface area (Å²) < 4.78 is 5.88. The quantitative estimate of drug-likeness (QED) is 0.522. The van der Waals surface area contributed by atoms with Crippen LogP contribution >= 0.6 is 0 Å². The van der Waals surface area contributed by atoms with Crippen LogP contribution in [0.1, 0.15) is 44.4 Å². The van der Waals surface area contributed by atoms with Crippen molar-refractivity contribution >= 4 is 28.4 Å². The Kier molecular flexibility index (Phi) is 5.64. The van der Waals surface area contributed by atoms with Gasteiger partial charge in [-0.25, -0.2) is 0 Å². The van der Waals surface area contributed by atoms with Gasteiger partial charge >= 0.3 is 5.97 Å². The van der Waals surface area contributed by atoms with Crippen molar-refractivity contribution in [1.29, 1.82) is 0 Å². The lowest BCUT2D eigenvalue weighted by Gasteiger charge is -2.33. The minimum Gasteiger partial charge on any atom is -0.457 e. The summed E-state index contributed by atoms with van der Waals surface area (Å²) >= 11 is 0. The summed E-state index contributed by atoms with van der Waals surface area (Å²) in [5, 5.41) is 2.31. The fourth-order valence-corrected chi connectivity index (χ4v) is 3.56. The molecular formula is C25H27NO2. The maximum Gasteiger partial charge on any atom is 0.303 e. The molecule has 3 heteroatoms. The molecule has 1 aromatic heterocycles. The number of esters is 1. The number of pyridine rings is 1. The highest BCUT2D eigenvalue weighted by Gasteiger charge is 2.33. The Morgan fingerprint density at radius 3 is 2.46 bits per heavy atom. The molecule has 0 fully saturated rings. The van der Waals surface area contributed by atoms with Crippen LogP contribution in [0.4, 0.5) is 0 Å². The molecule has 144 valence electrons. The summed E-state index contributed by atoms with van der Waals surface area (Å²) in [5.41, 5.74) is 3.96. The molecule has 1 unspecified atom stereocenters. The molecule has 0 spiro atoms. The summed E-state index contributed by atoms with van der Waals surface area (Å²) in [7, 11) is 0. The first kappa shape index (κ1) is 19.8. The van der Waals surface area contributed by atoms with Gasteiger partial charge in [0.25, 0.3) is 0 Å². The Morgan fingerprint density at radius 2 is 1.82 bits per heavy atom. The molecule has 0 aliphatic heterocycles. The van der Waals surface area contributed by atoms with E-state index in [1.165, 1.54) is 6.92 Å². The van der Waals surface area contributed by atoms with Crippen molar-refractivity contribution in [2.24, 2.45) is 5.41 Å².